The van der Waals surface area contributed by atoms with Crippen LogP contribution in [0.15, 0.2) is 46.8 Å². The summed E-state index contributed by atoms with van der Waals surface area (Å²) in [4.78, 5) is 6.07. The van der Waals surface area contributed by atoms with Gasteiger partial charge in [-0.05, 0) is 48.9 Å². The van der Waals surface area contributed by atoms with Crippen molar-refractivity contribution in [2.75, 3.05) is 19.6 Å². The highest BCUT2D eigenvalue weighted by atomic mass is 32.1. The maximum atomic E-state index is 9.30. The number of benzene rings is 1. The second-order valence-electron chi connectivity index (χ2n) is 5.83. The van der Waals surface area contributed by atoms with Crippen LogP contribution in [0.4, 0.5) is 0 Å². The lowest BCUT2D eigenvalue weighted by Gasteiger charge is -2.13. The first kappa shape index (κ1) is 18.3. The number of guanidine groups is 1. The van der Waals surface area contributed by atoms with Crippen LogP contribution in [0.25, 0.3) is 0 Å². The fourth-order valence-electron chi connectivity index (χ4n) is 2.39. The van der Waals surface area contributed by atoms with Crippen molar-refractivity contribution in [2.45, 2.75) is 32.6 Å². The summed E-state index contributed by atoms with van der Waals surface area (Å²) in [6, 6.07) is 11.7. The number of hydrogen-bond acceptors (Lipinski definition) is 3. The van der Waals surface area contributed by atoms with Gasteiger partial charge in [0.25, 0.3) is 0 Å². The molecule has 1 heterocycles. The number of hydrogen-bond donors (Lipinski definition) is 3. The Morgan fingerprint density at radius 3 is 2.67 bits per heavy atom. The Hall–Kier alpha value is -2.01. The highest BCUT2D eigenvalue weighted by molar-refractivity contribution is 7.10. The summed E-state index contributed by atoms with van der Waals surface area (Å²) in [6.45, 7) is 6.81. The number of thiophene rings is 1. The van der Waals surface area contributed by atoms with E-state index in [2.05, 4.69) is 42.0 Å². The summed E-state index contributed by atoms with van der Waals surface area (Å²) in [5.74, 6) is 1.64. The fraction of sp³-hybridized carbons (Fsp3) is 0.421. The first-order valence-corrected chi connectivity index (χ1v) is 9.40. The molecule has 3 N–H and O–H groups in total. The van der Waals surface area contributed by atoms with Crippen LogP contribution in [0.1, 0.15) is 36.6 Å². The minimum Gasteiger partial charge on any atom is -0.508 e. The lowest BCUT2D eigenvalue weighted by molar-refractivity contribution is 0.475. The van der Waals surface area contributed by atoms with Crippen LogP contribution in [0.5, 0.6) is 5.75 Å². The van der Waals surface area contributed by atoms with Crippen LogP contribution < -0.4 is 10.6 Å². The Morgan fingerprint density at radius 1 is 1.21 bits per heavy atom. The lowest BCUT2D eigenvalue weighted by atomic mass is 10.1. The second-order valence-corrected chi connectivity index (χ2v) is 6.81. The number of aliphatic imine (C=N–C) groups is 1. The second kappa shape index (κ2) is 9.98. The molecule has 1 aromatic heterocycles. The minimum atomic E-state index is 0.318. The van der Waals surface area contributed by atoms with Crippen molar-refractivity contribution in [1.29, 1.82) is 0 Å². The highest BCUT2D eigenvalue weighted by Gasteiger charge is 2.06. The molecule has 0 bridgehead atoms. The molecule has 0 aliphatic carbocycles. The Kier molecular flexibility index (Phi) is 7.62. The predicted octanol–water partition coefficient (Wildman–Crippen LogP) is 3.75. The molecule has 0 saturated heterocycles. The normalized spacial score (nSPS) is 12.8. The molecule has 1 aromatic carbocycles. The molecule has 4 nitrogen and oxygen atoms in total. The largest absolute Gasteiger partial charge is 0.508 e. The summed E-state index contributed by atoms with van der Waals surface area (Å²) in [6.07, 6.45) is 2.01. The van der Waals surface area contributed by atoms with Gasteiger partial charge in [0.15, 0.2) is 5.96 Å². The third-order valence-electron chi connectivity index (χ3n) is 3.77. The standard InChI is InChI=1S/C19H27N3OS/c1-3-20-19(22-14-15(2)18-7-5-13-24-18)21-12-4-6-16-8-10-17(23)11-9-16/h5,7-11,13,15,23H,3-4,6,12,14H2,1-2H3,(H2,20,21,22). The van der Waals surface area contributed by atoms with Gasteiger partial charge < -0.3 is 15.7 Å². The van der Waals surface area contributed by atoms with Crippen molar-refractivity contribution in [3.05, 3.63) is 52.2 Å². The molecule has 5 heteroatoms. The molecular weight excluding hydrogens is 318 g/mol. The van der Waals surface area contributed by atoms with Crippen LogP contribution in [0.3, 0.4) is 0 Å². The first-order chi connectivity index (χ1) is 11.7. The first-order valence-electron chi connectivity index (χ1n) is 8.52. The zero-order chi connectivity index (χ0) is 17.2. The van der Waals surface area contributed by atoms with E-state index in [0.717, 1.165) is 38.4 Å². The zero-order valence-corrected chi connectivity index (χ0v) is 15.3. The van der Waals surface area contributed by atoms with Gasteiger partial charge in [-0.15, -0.1) is 11.3 Å². The summed E-state index contributed by atoms with van der Waals surface area (Å²) >= 11 is 1.79. The highest BCUT2D eigenvalue weighted by Crippen LogP contribution is 2.20. The van der Waals surface area contributed by atoms with Crippen molar-refractivity contribution in [2.24, 2.45) is 4.99 Å². The van der Waals surface area contributed by atoms with E-state index in [1.165, 1.54) is 10.4 Å². The Balaban J connectivity index is 1.75. The van der Waals surface area contributed by atoms with Crippen LogP contribution in [-0.4, -0.2) is 30.7 Å². The van der Waals surface area contributed by atoms with Crippen molar-refractivity contribution >= 4 is 17.3 Å². The number of aromatic hydroxyl groups is 1. The molecule has 0 fully saturated rings. The molecule has 0 radical (unpaired) electrons. The van der Waals surface area contributed by atoms with Gasteiger partial charge in [0.05, 0.1) is 6.54 Å². The molecular formula is C19H27N3OS. The van der Waals surface area contributed by atoms with Crippen LogP contribution in [0.2, 0.25) is 0 Å². The van der Waals surface area contributed by atoms with E-state index in [-0.39, 0.29) is 0 Å². The number of nitrogens with zero attached hydrogens (tertiary/aromatic N) is 1. The quantitative estimate of drug-likeness (QED) is 0.388. The van der Waals surface area contributed by atoms with Crippen molar-refractivity contribution in [3.8, 4) is 5.75 Å². The Morgan fingerprint density at radius 2 is 2.00 bits per heavy atom. The summed E-state index contributed by atoms with van der Waals surface area (Å²) in [5, 5.41) is 18.1. The number of phenolic OH excluding ortho intramolecular Hbond substituents is 1. The summed E-state index contributed by atoms with van der Waals surface area (Å²) in [7, 11) is 0. The number of rotatable bonds is 8. The average Bonchev–Trinajstić information content (AvgIpc) is 3.12. The SMILES string of the molecule is CCNC(=NCC(C)c1cccs1)NCCCc1ccc(O)cc1. The molecule has 0 aliphatic heterocycles. The number of aryl methyl sites for hydroxylation is 1. The molecule has 2 rings (SSSR count). The minimum absolute atomic E-state index is 0.318. The molecule has 2 aromatic rings. The zero-order valence-electron chi connectivity index (χ0n) is 14.5. The molecule has 0 aliphatic rings. The number of nitrogens with one attached hydrogen (secondary N) is 2. The molecule has 0 spiro atoms. The smallest absolute Gasteiger partial charge is 0.191 e. The Bertz CT molecular complexity index is 608. The lowest BCUT2D eigenvalue weighted by Crippen LogP contribution is -2.38. The van der Waals surface area contributed by atoms with E-state index < -0.39 is 0 Å². The van der Waals surface area contributed by atoms with E-state index >= 15 is 0 Å². The molecule has 130 valence electrons. The summed E-state index contributed by atoms with van der Waals surface area (Å²) in [5.41, 5.74) is 1.24. The van der Waals surface area contributed by atoms with Crippen LogP contribution in [-0.2, 0) is 6.42 Å². The Labute approximate surface area is 148 Å². The molecule has 1 atom stereocenters. The van der Waals surface area contributed by atoms with Gasteiger partial charge in [0.2, 0.25) is 0 Å². The van der Waals surface area contributed by atoms with Crippen molar-refractivity contribution in [1.82, 2.24) is 10.6 Å². The van der Waals surface area contributed by atoms with Gasteiger partial charge in [0, 0.05) is 23.9 Å². The number of phenols is 1. The van der Waals surface area contributed by atoms with Gasteiger partial charge in [-0.1, -0.05) is 25.1 Å². The van der Waals surface area contributed by atoms with Gasteiger partial charge >= 0.3 is 0 Å². The van der Waals surface area contributed by atoms with Gasteiger partial charge in [-0.3, -0.25) is 4.99 Å². The van der Waals surface area contributed by atoms with Crippen LogP contribution >= 0.6 is 11.3 Å². The van der Waals surface area contributed by atoms with Gasteiger partial charge in [-0.2, -0.15) is 0 Å². The monoisotopic (exact) mass is 345 g/mol. The van der Waals surface area contributed by atoms with E-state index in [1.807, 2.05) is 12.1 Å². The third-order valence-corrected chi connectivity index (χ3v) is 4.87. The summed E-state index contributed by atoms with van der Waals surface area (Å²) < 4.78 is 0. The van der Waals surface area contributed by atoms with Crippen molar-refractivity contribution in [3.63, 3.8) is 0 Å². The van der Waals surface area contributed by atoms with E-state index in [4.69, 9.17) is 4.99 Å². The maximum Gasteiger partial charge on any atom is 0.191 e. The third kappa shape index (κ3) is 6.24. The maximum absolute atomic E-state index is 9.30. The molecule has 24 heavy (non-hydrogen) atoms. The predicted molar refractivity (Wildman–Crippen MR) is 103 cm³/mol. The molecule has 1 unspecified atom stereocenters. The van der Waals surface area contributed by atoms with Crippen LogP contribution in [0, 0.1) is 0 Å². The average molecular weight is 346 g/mol. The fourth-order valence-corrected chi connectivity index (χ4v) is 3.17. The van der Waals surface area contributed by atoms with E-state index in [9.17, 15) is 5.11 Å². The molecule has 0 amide bonds. The van der Waals surface area contributed by atoms with E-state index in [1.54, 1.807) is 23.5 Å². The molecule has 0 saturated carbocycles. The van der Waals surface area contributed by atoms with E-state index in [0.29, 0.717) is 11.7 Å². The topological polar surface area (TPSA) is 56.7 Å². The van der Waals surface area contributed by atoms with Gasteiger partial charge in [0.1, 0.15) is 5.75 Å². The van der Waals surface area contributed by atoms with Crippen molar-refractivity contribution < 1.29 is 5.11 Å². The van der Waals surface area contributed by atoms with Gasteiger partial charge in [-0.25, -0.2) is 0 Å².